The van der Waals surface area contributed by atoms with Crippen LogP contribution in [-0.4, -0.2) is 18.9 Å². The monoisotopic (exact) mass is 565 g/mol. The first-order valence-electron chi connectivity index (χ1n) is 12.5. The van der Waals surface area contributed by atoms with Crippen molar-refractivity contribution in [1.29, 1.82) is 0 Å². The zero-order valence-electron chi connectivity index (χ0n) is 24.2. The van der Waals surface area contributed by atoms with Gasteiger partial charge in [0.1, 0.15) is 11.6 Å². The molecule has 0 spiro atoms. The van der Waals surface area contributed by atoms with Crippen molar-refractivity contribution in [1.82, 2.24) is 0 Å². The molecule has 3 aromatic rings. The predicted molar refractivity (Wildman–Crippen MR) is 159 cm³/mol. The second-order valence-corrected chi connectivity index (χ2v) is 10.4. The van der Waals surface area contributed by atoms with E-state index in [4.69, 9.17) is 0 Å². The Bertz CT molecular complexity index is 1240. The van der Waals surface area contributed by atoms with Crippen LogP contribution in [0.4, 0.5) is 20.2 Å². The van der Waals surface area contributed by atoms with E-state index < -0.39 is 11.6 Å². The van der Waals surface area contributed by atoms with Crippen molar-refractivity contribution < 1.29 is 30.5 Å². The van der Waals surface area contributed by atoms with Crippen LogP contribution in [0.25, 0.3) is 5.41 Å². The number of fused-ring (bicyclic) bond motifs is 4. The van der Waals surface area contributed by atoms with Crippen molar-refractivity contribution in [3.63, 3.8) is 0 Å². The minimum atomic E-state index is -0.686. The molecule has 2 heterocycles. The fourth-order valence-corrected chi connectivity index (χ4v) is 6.67. The molecule has 39 heavy (non-hydrogen) atoms. The van der Waals surface area contributed by atoms with Gasteiger partial charge in [-0.15, -0.1) is 0 Å². The Labute approximate surface area is 250 Å². The van der Waals surface area contributed by atoms with E-state index in [0.717, 1.165) is 35.3 Å². The molecule has 0 aromatic heterocycles. The van der Waals surface area contributed by atoms with Gasteiger partial charge in [0.15, 0.2) is 0 Å². The predicted octanol–water partition coefficient (Wildman–Crippen LogP) is 8.55. The molecule has 3 nitrogen and oxygen atoms in total. The van der Waals surface area contributed by atoms with Gasteiger partial charge in [0, 0.05) is 30.4 Å². The van der Waals surface area contributed by atoms with E-state index in [9.17, 15) is 14.2 Å². The van der Waals surface area contributed by atoms with E-state index in [2.05, 4.69) is 57.0 Å². The first-order valence-corrected chi connectivity index (χ1v) is 12.5. The molecule has 1 saturated carbocycles. The maximum atomic E-state index is 13.7. The second kappa shape index (κ2) is 13.7. The van der Waals surface area contributed by atoms with Crippen molar-refractivity contribution in [2.75, 3.05) is 16.8 Å². The first-order chi connectivity index (χ1) is 16.8. The summed E-state index contributed by atoms with van der Waals surface area (Å²) in [5.74, 6) is 1.78. The van der Waals surface area contributed by atoms with Gasteiger partial charge in [-0.2, -0.15) is 0 Å². The Morgan fingerprint density at radius 1 is 0.872 bits per heavy atom. The first kappa shape index (κ1) is 34.5. The van der Waals surface area contributed by atoms with Gasteiger partial charge in [0.25, 0.3) is 0 Å². The smallest absolute Gasteiger partial charge is 0.464 e. The molecule has 0 saturated heterocycles. The molecule has 0 radical (unpaired) electrons. The topological polar surface area (TPSA) is 28.8 Å². The van der Waals surface area contributed by atoms with Crippen LogP contribution in [-0.2, 0) is 28.3 Å². The molecule has 6 heteroatoms. The quantitative estimate of drug-likeness (QED) is 0.230. The summed E-state index contributed by atoms with van der Waals surface area (Å²) in [6, 6.07) is 20.5. The molecule has 2 aliphatic heterocycles. The van der Waals surface area contributed by atoms with Gasteiger partial charge in [-0.1, -0.05) is 75.1 Å². The van der Waals surface area contributed by atoms with Crippen LogP contribution < -0.4 is 9.80 Å². The van der Waals surface area contributed by atoms with Crippen LogP contribution in [0.1, 0.15) is 49.8 Å². The van der Waals surface area contributed by atoms with E-state index in [1.54, 1.807) is 17.7 Å². The average molecular weight is 566 g/mol. The molecule has 1 aliphatic carbocycles. The number of nitrogens with zero attached hydrogens (tertiary/aromatic N) is 3. The molecule has 0 N–H and O–H groups in total. The van der Waals surface area contributed by atoms with Crippen LogP contribution in [0, 0.1) is 51.7 Å². The number of benzene rings is 3. The van der Waals surface area contributed by atoms with E-state index in [-0.39, 0.29) is 62.1 Å². The maximum absolute atomic E-state index is 13.7. The minimum Gasteiger partial charge on any atom is -0.464 e. The Hall–Kier alpha value is -2.50. The molecule has 206 valence electrons. The maximum Gasteiger partial charge on any atom is 4.00 e. The standard InChI is InChI=1S/C16H23N.C14H9F2N2.3CH3.Ti/c1-10(2)15-11(3)9-13-12-7-5-6-8-14(12)17(4)16(13)15;15-11-6-3-7-12(16)13(11)18-8-9-4-1-2-5-10(9)14(18)17;;;;/h5-8,10-11,13,15-16H,9H2,1-4H3;1-7H,8H2;3*1H3;/q;4*-1;+4. The van der Waals surface area contributed by atoms with Gasteiger partial charge in [-0.3, -0.25) is 0 Å². The summed E-state index contributed by atoms with van der Waals surface area (Å²) in [7, 11) is 2.29. The normalized spacial score (nSPS) is 21.8. The van der Waals surface area contributed by atoms with Gasteiger partial charge in [-0.25, -0.2) is 8.78 Å². The van der Waals surface area contributed by atoms with Crippen molar-refractivity contribution in [3.05, 3.63) is 123 Å². The SMILES string of the molecule is CC(C)C1C(C)CC2c3ccccc3N(C)C21.[CH3-].[CH3-].[CH3-].[N-]=C1c2ccccc2CN1c1c(F)cccc1F.[Ti+4]. The molecule has 0 bridgehead atoms. The molecule has 4 atom stereocenters. The van der Waals surface area contributed by atoms with Crippen LogP contribution in [0.3, 0.4) is 0 Å². The van der Waals surface area contributed by atoms with Crippen molar-refractivity contribution in [2.24, 2.45) is 17.8 Å². The summed E-state index contributed by atoms with van der Waals surface area (Å²) in [5.41, 5.74) is 4.30. The largest absolute Gasteiger partial charge is 4.00 e. The van der Waals surface area contributed by atoms with Gasteiger partial charge in [0.05, 0.1) is 0 Å². The second-order valence-electron chi connectivity index (χ2n) is 10.4. The molecule has 3 aliphatic rings. The van der Waals surface area contributed by atoms with Crippen LogP contribution in [0.15, 0.2) is 66.7 Å². The number of anilines is 2. The van der Waals surface area contributed by atoms with Crippen molar-refractivity contribution >= 4 is 17.2 Å². The van der Waals surface area contributed by atoms with Crippen molar-refractivity contribution in [3.8, 4) is 0 Å². The number of para-hydroxylation sites is 2. The molecule has 6 rings (SSSR count). The summed E-state index contributed by atoms with van der Waals surface area (Å²) >= 11 is 0. The van der Waals surface area contributed by atoms with Gasteiger partial charge < -0.3 is 37.5 Å². The van der Waals surface area contributed by atoms with Gasteiger partial charge >= 0.3 is 21.7 Å². The number of likely N-dealkylation sites (N-methyl/N-ethyl adjacent to an activating group) is 1. The fraction of sp³-hybridized carbons (Fsp3) is 0.333. The molecule has 3 aromatic carbocycles. The number of rotatable bonds is 2. The third kappa shape index (κ3) is 6.00. The van der Waals surface area contributed by atoms with E-state index in [1.165, 1.54) is 35.2 Å². The number of hydrogen-bond acceptors (Lipinski definition) is 1. The zero-order chi connectivity index (χ0) is 24.9. The van der Waals surface area contributed by atoms with Crippen molar-refractivity contribution in [2.45, 2.75) is 45.7 Å². The Morgan fingerprint density at radius 3 is 2.08 bits per heavy atom. The van der Waals surface area contributed by atoms with Crippen LogP contribution >= 0.6 is 0 Å². The van der Waals surface area contributed by atoms with E-state index in [1.807, 2.05) is 12.1 Å². The van der Waals surface area contributed by atoms with Crippen LogP contribution in [0.5, 0.6) is 0 Å². The Kier molecular flexibility index (Phi) is 12.1. The molecule has 4 unspecified atom stereocenters. The molecular weight excluding hydrogens is 524 g/mol. The molecule has 1 fully saturated rings. The van der Waals surface area contributed by atoms with E-state index >= 15 is 0 Å². The summed E-state index contributed by atoms with van der Waals surface area (Å²) in [6.07, 6.45) is 1.37. The van der Waals surface area contributed by atoms with Crippen LogP contribution in [0.2, 0.25) is 0 Å². The third-order valence-corrected chi connectivity index (χ3v) is 8.07. The number of amidine groups is 1. The minimum absolute atomic E-state index is 0. The number of halogens is 2. The molecular formula is C33H41F2N3Ti. The van der Waals surface area contributed by atoms with Gasteiger partial charge in [-0.05, 0) is 65.6 Å². The Balaban J connectivity index is 0.000000354. The summed E-state index contributed by atoms with van der Waals surface area (Å²) in [5, 5.41) is 10.1. The summed E-state index contributed by atoms with van der Waals surface area (Å²) in [4.78, 5) is 3.80. The summed E-state index contributed by atoms with van der Waals surface area (Å²) in [6.45, 7) is 7.49. The van der Waals surface area contributed by atoms with E-state index in [0.29, 0.717) is 5.56 Å². The molecule has 0 amide bonds. The number of hydrogen-bond donors (Lipinski definition) is 0. The third-order valence-electron chi connectivity index (χ3n) is 8.07. The Morgan fingerprint density at radius 2 is 1.46 bits per heavy atom. The average Bonchev–Trinajstić information content (AvgIpc) is 3.44. The van der Waals surface area contributed by atoms with Gasteiger partial charge in [0.2, 0.25) is 0 Å². The summed E-state index contributed by atoms with van der Waals surface area (Å²) < 4.78 is 27.4. The zero-order valence-corrected chi connectivity index (χ0v) is 25.8. The fourth-order valence-electron chi connectivity index (χ4n) is 6.67.